The van der Waals surface area contributed by atoms with Crippen molar-refractivity contribution >= 4 is 34.3 Å². The standard InChI is InChI=1S/C19H16N2O3S2/c1-24-15-6-2-5-12(18(15)22)13-11-14(16-7-3-9-25-16)21(20-13)19(23)17-8-4-10-26-17/h2-10,14,22H,11H2,1H3/t14-/m1/s1. The molecule has 1 amide bonds. The number of amides is 1. The van der Waals surface area contributed by atoms with Crippen LogP contribution in [0.25, 0.3) is 0 Å². The lowest BCUT2D eigenvalue weighted by Gasteiger charge is -2.19. The minimum atomic E-state index is -0.176. The van der Waals surface area contributed by atoms with Gasteiger partial charge < -0.3 is 9.84 Å². The second-order valence-corrected chi connectivity index (χ2v) is 7.69. The fourth-order valence-electron chi connectivity index (χ4n) is 3.00. The fraction of sp³-hybridized carbons (Fsp3) is 0.158. The van der Waals surface area contributed by atoms with E-state index in [0.717, 1.165) is 4.88 Å². The zero-order chi connectivity index (χ0) is 18.1. The molecule has 5 nitrogen and oxygen atoms in total. The highest BCUT2D eigenvalue weighted by Crippen LogP contribution is 2.39. The molecular formula is C19H16N2O3S2. The van der Waals surface area contributed by atoms with E-state index >= 15 is 0 Å². The Labute approximate surface area is 158 Å². The van der Waals surface area contributed by atoms with E-state index in [2.05, 4.69) is 5.10 Å². The van der Waals surface area contributed by atoms with Gasteiger partial charge in [0.15, 0.2) is 11.5 Å². The molecule has 0 radical (unpaired) electrons. The van der Waals surface area contributed by atoms with Gasteiger partial charge in [0.25, 0.3) is 5.91 Å². The van der Waals surface area contributed by atoms with Crippen LogP contribution in [0.5, 0.6) is 11.5 Å². The molecule has 4 rings (SSSR count). The van der Waals surface area contributed by atoms with Crippen molar-refractivity contribution in [3.8, 4) is 11.5 Å². The number of phenols is 1. The Bertz CT molecular complexity index is 949. The first-order valence-corrected chi connectivity index (χ1v) is 9.79. The van der Waals surface area contributed by atoms with Crippen LogP contribution in [0.4, 0.5) is 0 Å². The molecule has 0 unspecified atom stereocenters. The average molecular weight is 384 g/mol. The minimum Gasteiger partial charge on any atom is -0.504 e. The van der Waals surface area contributed by atoms with Crippen LogP contribution in [0.3, 0.4) is 0 Å². The number of carbonyl (C=O) groups excluding carboxylic acids is 1. The molecular weight excluding hydrogens is 368 g/mol. The number of para-hydroxylation sites is 1. The number of aromatic hydroxyl groups is 1. The number of benzene rings is 1. The van der Waals surface area contributed by atoms with Gasteiger partial charge in [-0.3, -0.25) is 4.79 Å². The monoisotopic (exact) mass is 384 g/mol. The summed E-state index contributed by atoms with van der Waals surface area (Å²) in [4.78, 5) is 14.7. The molecule has 0 saturated carbocycles. The minimum absolute atomic E-state index is 0.0455. The predicted molar refractivity (Wildman–Crippen MR) is 103 cm³/mol. The number of phenolic OH excluding ortho intramolecular Hbond substituents is 1. The molecule has 1 atom stereocenters. The SMILES string of the molecule is COc1cccc(C2=NN(C(=O)c3cccs3)[C@@H](c3cccs3)C2)c1O. The molecule has 7 heteroatoms. The Morgan fingerprint density at radius 3 is 2.69 bits per heavy atom. The van der Waals surface area contributed by atoms with Crippen molar-refractivity contribution in [2.24, 2.45) is 5.10 Å². The largest absolute Gasteiger partial charge is 0.504 e. The van der Waals surface area contributed by atoms with E-state index < -0.39 is 0 Å². The van der Waals surface area contributed by atoms with Crippen LogP contribution in [0.15, 0.2) is 58.3 Å². The summed E-state index contributed by atoms with van der Waals surface area (Å²) in [6, 6.07) is 12.7. The summed E-state index contributed by atoms with van der Waals surface area (Å²) in [5, 5.41) is 20.5. The highest BCUT2D eigenvalue weighted by atomic mass is 32.1. The number of rotatable bonds is 4. The number of hydrogen-bond acceptors (Lipinski definition) is 6. The smallest absolute Gasteiger partial charge is 0.284 e. The highest BCUT2D eigenvalue weighted by molar-refractivity contribution is 7.12. The Morgan fingerprint density at radius 2 is 2.00 bits per heavy atom. The van der Waals surface area contributed by atoms with Gasteiger partial charge in [-0.25, -0.2) is 5.01 Å². The summed E-state index contributed by atoms with van der Waals surface area (Å²) in [6.45, 7) is 0. The summed E-state index contributed by atoms with van der Waals surface area (Å²) in [7, 11) is 1.51. The molecule has 0 saturated heterocycles. The van der Waals surface area contributed by atoms with Gasteiger partial charge in [0, 0.05) is 16.9 Å². The summed E-state index contributed by atoms with van der Waals surface area (Å²) in [5.41, 5.74) is 1.26. The first kappa shape index (κ1) is 16.8. The van der Waals surface area contributed by atoms with E-state index in [1.165, 1.54) is 23.5 Å². The van der Waals surface area contributed by atoms with E-state index in [1.807, 2.05) is 29.0 Å². The maximum atomic E-state index is 12.9. The first-order chi connectivity index (χ1) is 12.7. The Morgan fingerprint density at radius 1 is 1.19 bits per heavy atom. The van der Waals surface area contributed by atoms with Gasteiger partial charge in [0.1, 0.15) is 0 Å². The van der Waals surface area contributed by atoms with Crippen molar-refractivity contribution < 1.29 is 14.6 Å². The number of nitrogens with zero attached hydrogens (tertiary/aromatic N) is 2. The van der Waals surface area contributed by atoms with Crippen LogP contribution in [-0.2, 0) is 0 Å². The fourth-order valence-corrected chi connectivity index (χ4v) is 4.46. The third-order valence-corrected chi connectivity index (χ3v) is 6.08. The maximum Gasteiger partial charge on any atom is 0.284 e. The lowest BCUT2D eigenvalue weighted by atomic mass is 10.0. The normalized spacial score (nSPS) is 16.6. The van der Waals surface area contributed by atoms with Crippen LogP contribution < -0.4 is 4.74 Å². The van der Waals surface area contributed by atoms with E-state index in [0.29, 0.717) is 28.3 Å². The van der Waals surface area contributed by atoms with Gasteiger partial charge in [-0.1, -0.05) is 18.2 Å². The van der Waals surface area contributed by atoms with E-state index in [9.17, 15) is 9.90 Å². The van der Waals surface area contributed by atoms with Crippen LogP contribution in [-0.4, -0.2) is 28.8 Å². The lowest BCUT2D eigenvalue weighted by Crippen LogP contribution is -2.25. The number of ether oxygens (including phenoxy) is 1. The van der Waals surface area contributed by atoms with E-state index in [4.69, 9.17) is 4.74 Å². The average Bonchev–Trinajstić information content (AvgIpc) is 3.42. The molecule has 3 aromatic rings. The van der Waals surface area contributed by atoms with Crippen molar-refractivity contribution in [3.05, 3.63) is 68.5 Å². The molecule has 2 aromatic heterocycles. The van der Waals surface area contributed by atoms with Crippen LogP contribution >= 0.6 is 22.7 Å². The summed E-state index contributed by atoms with van der Waals surface area (Å²) >= 11 is 2.99. The van der Waals surface area contributed by atoms with Gasteiger partial charge >= 0.3 is 0 Å². The number of hydrogen-bond donors (Lipinski definition) is 1. The van der Waals surface area contributed by atoms with Gasteiger partial charge in [-0.15, -0.1) is 22.7 Å². The second-order valence-electron chi connectivity index (χ2n) is 5.77. The van der Waals surface area contributed by atoms with Gasteiger partial charge in [-0.05, 0) is 35.0 Å². The molecule has 0 bridgehead atoms. The third kappa shape index (κ3) is 2.89. The van der Waals surface area contributed by atoms with Crippen molar-refractivity contribution in [1.29, 1.82) is 0 Å². The maximum absolute atomic E-state index is 12.9. The van der Waals surface area contributed by atoms with Crippen LogP contribution in [0.1, 0.15) is 32.6 Å². The molecule has 132 valence electrons. The number of carbonyl (C=O) groups is 1. The molecule has 0 spiro atoms. The highest BCUT2D eigenvalue weighted by Gasteiger charge is 2.35. The molecule has 1 N–H and O–H groups in total. The quantitative estimate of drug-likeness (QED) is 0.720. The summed E-state index contributed by atoms with van der Waals surface area (Å²) in [6.07, 6.45) is 0.540. The van der Waals surface area contributed by atoms with E-state index in [1.54, 1.807) is 35.6 Å². The predicted octanol–water partition coefficient (Wildman–Crippen LogP) is 4.52. The van der Waals surface area contributed by atoms with Crippen molar-refractivity contribution in [2.75, 3.05) is 7.11 Å². The third-order valence-electron chi connectivity index (χ3n) is 4.25. The Balaban J connectivity index is 1.75. The number of hydrazone groups is 1. The number of thiophene rings is 2. The van der Waals surface area contributed by atoms with Gasteiger partial charge in [0.05, 0.1) is 23.7 Å². The second kappa shape index (κ2) is 6.93. The Kier molecular flexibility index (Phi) is 4.48. The van der Waals surface area contributed by atoms with Crippen molar-refractivity contribution in [1.82, 2.24) is 5.01 Å². The lowest BCUT2D eigenvalue weighted by molar-refractivity contribution is 0.0719. The molecule has 26 heavy (non-hydrogen) atoms. The Hall–Kier alpha value is -2.64. The topological polar surface area (TPSA) is 62.1 Å². The zero-order valence-corrected chi connectivity index (χ0v) is 15.6. The molecule has 1 aromatic carbocycles. The molecule has 0 fully saturated rings. The molecule has 1 aliphatic heterocycles. The van der Waals surface area contributed by atoms with Crippen molar-refractivity contribution in [3.63, 3.8) is 0 Å². The van der Waals surface area contributed by atoms with Crippen molar-refractivity contribution in [2.45, 2.75) is 12.5 Å². The van der Waals surface area contributed by atoms with Gasteiger partial charge in [-0.2, -0.15) is 5.10 Å². The van der Waals surface area contributed by atoms with Crippen LogP contribution in [0.2, 0.25) is 0 Å². The zero-order valence-electron chi connectivity index (χ0n) is 14.0. The summed E-state index contributed by atoms with van der Waals surface area (Å²) in [5.74, 6) is 0.306. The molecule has 0 aliphatic carbocycles. The van der Waals surface area contributed by atoms with E-state index in [-0.39, 0.29) is 17.7 Å². The number of methoxy groups -OCH3 is 1. The molecule has 1 aliphatic rings. The molecule has 3 heterocycles. The van der Waals surface area contributed by atoms with Crippen LogP contribution in [0, 0.1) is 0 Å². The summed E-state index contributed by atoms with van der Waals surface area (Å²) < 4.78 is 5.20. The van der Waals surface area contributed by atoms with Gasteiger partial charge in [0.2, 0.25) is 0 Å². The first-order valence-electron chi connectivity index (χ1n) is 8.03.